The van der Waals surface area contributed by atoms with Gasteiger partial charge in [-0.15, -0.1) is 0 Å². The van der Waals surface area contributed by atoms with Gasteiger partial charge in [-0.2, -0.15) is 5.10 Å². The molecule has 0 saturated carbocycles. The van der Waals surface area contributed by atoms with Gasteiger partial charge in [0.05, 0.1) is 27.8 Å². The Bertz CT molecular complexity index is 1600. The van der Waals surface area contributed by atoms with Gasteiger partial charge in [0.15, 0.2) is 0 Å². The first-order valence-corrected chi connectivity index (χ1v) is 11.6. The molecule has 1 aliphatic rings. The maximum atomic E-state index is 12.9. The van der Waals surface area contributed by atoms with E-state index in [-0.39, 0.29) is 12.2 Å². The first-order chi connectivity index (χ1) is 17.2. The number of esters is 1. The summed E-state index contributed by atoms with van der Waals surface area (Å²) in [5.74, 6) is 0.301. The smallest absolute Gasteiger partial charge is 0.338 e. The molecule has 3 heterocycles. The van der Waals surface area contributed by atoms with Crippen molar-refractivity contribution in [2.24, 2.45) is 0 Å². The van der Waals surface area contributed by atoms with Crippen LogP contribution in [-0.2, 0) is 24.3 Å². The summed E-state index contributed by atoms with van der Waals surface area (Å²) in [6.07, 6.45) is 3.57. The highest BCUT2D eigenvalue weighted by atomic mass is 16.5. The highest BCUT2D eigenvalue weighted by molar-refractivity contribution is 5.94. The number of carbonyl (C=O) groups is 1. The van der Waals surface area contributed by atoms with Crippen LogP contribution < -0.4 is 5.56 Å². The van der Waals surface area contributed by atoms with Crippen LogP contribution in [0.5, 0.6) is 0 Å². The third kappa shape index (κ3) is 3.91. The predicted octanol–water partition coefficient (Wildman–Crippen LogP) is 4.55. The maximum absolute atomic E-state index is 12.9. The highest BCUT2D eigenvalue weighted by Gasteiger charge is 2.19. The zero-order valence-electron chi connectivity index (χ0n) is 18.9. The van der Waals surface area contributed by atoms with Crippen LogP contribution in [0, 0.1) is 0 Å². The lowest BCUT2D eigenvalue weighted by Gasteiger charge is -2.08. The second-order valence-electron chi connectivity index (χ2n) is 8.55. The molecule has 7 nitrogen and oxygen atoms in total. The summed E-state index contributed by atoms with van der Waals surface area (Å²) >= 11 is 0. The van der Waals surface area contributed by atoms with Crippen molar-refractivity contribution in [2.45, 2.75) is 26.0 Å². The van der Waals surface area contributed by atoms with Crippen molar-refractivity contribution in [1.29, 1.82) is 0 Å². The van der Waals surface area contributed by atoms with Crippen molar-refractivity contribution in [3.05, 3.63) is 112 Å². The minimum atomic E-state index is -0.472. The molecule has 0 aliphatic carbocycles. The molecule has 0 radical (unpaired) electrons. The number of hydrogen-bond acceptors (Lipinski definition) is 5. The Labute approximate surface area is 201 Å². The van der Waals surface area contributed by atoms with Crippen molar-refractivity contribution >= 4 is 16.9 Å². The van der Waals surface area contributed by atoms with E-state index in [0.29, 0.717) is 23.0 Å². The third-order valence-corrected chi connectivity index (χ3v) is 6.27. The second-order valence-corrected chi connectivity index (χ2v) is 8.55. The average Bonchev–Trinajstić information content (AvgIpc) is 3.56. The molecule has 2 aromatic heterocycles. The molecular formula is C28H22N4O3. The average molecular weight is 463 g/mol. The van der Waals surface area contributed by atoms with Gasteiger partial charge in [0, 0.05) is 30.3 Å². The number of aromatic nitrogens is 4. The Hall–Kier alpha value is -4.52. The van der Waals surface area contributed by atoms with Crippen molar-refractivity contribution in [3.63, 3.8) is 0 Å². The number of ether oxygens (including phenoxy) is 1. The van der Waals surface area contributed by atoms with Gasteiger partial charge in [-0.3, -0.25) is 9.36 Å². The molecule has 0 N–H and O–H groups in total. The molecule has 1 aliphatic heterocycles. The molecule has 172 valence electrons. The topological polar surface area (TPSA) is 79.0 Å². The lowest BCUT2D eigenvalue weighted by molar-refractivity contribution is 0.0473. The van der Waals surface area contributed by atoms with E-state index in [0.717, 1.165) is 41.2 Å². The van der Waals surface area contributed by atoms with E-state index in [4.69, 9.17) is 9.84 Å². The fourth-order valence-electron chi connectivity index (χ4n) is 4.50. The van der Waals surface area contributed by atoms with E-state index in [1.165, 1.54) is 0 Å². The summed E-state index contributed by atoms with van der Waals surface area (Å²) < 4.78 is 9.20. The number of aryl methyl sites for hydroxylation is 1. The summed E-state index contributed by atoms with van der Waals surface area (Å²) in [4.78, 5) is 30.3. The Balaban J connectivity index is 1.29. The van der Waals surface area contributed by atoms with E-state index in [2.05, 4.69) is 4.98 Å². The monoisotopic (exact) mass is 462 g/mol. The number of nitrogens with zero attached hydrogens (tertiary/aromatic N) is 4. The molecule has 0 fully saturated rings. The van der Waals surface area contributed by atoms with Crippen LogP contribution in [0.4, 0.5) is 0 Å². The molecule has 3 aromatic carbocycles. The lowest BCUT2D eigenvalue weighted by atomic mass is 10.1. The van der Waals surface area contributed by atoms with Gasteiger partial charge in [0.25, 0.3) is 5.56 Å². The standard InChI is InChI=1S/C28H22N4O3/c33-27-23-14-13-20(16-24(23)29-25-12-7-15-31(25)27)28(34)35-18-21-17-32(22-10-5-2-6-11-22)30-26(21)19-8-3-1-4-9-19/h1-6,8-11,13-14,16-17H,7,12,15,18H2. The summed E-state index contributed by atoms with van der Waals surface area (Å²) in [5, 5.41) is 5.28. The summed E-state index contributed by atoms with van der Waals surface area (Å²) in [5.41, 5.74) is 4.25. The molecule has 0 saturated heterocycles. The van der Waals surface area contributed by atoms with Crippen molar-refractivity contribution < 1.29 is 9.53 Å². The van der Waals surface area contributed by atoms with Crippen LogP contribution in [0.1, 0.15) is 28.2 Å². The van der Waals surface area contributed by atoms with Gasteiger partial charge in [-0.1, -0.05) is 48.5 Å². The van der Waals surface area contributed by atoms with Crippen molar-refractivity contribution in [3.8, 4) is 16.9 Å². The molecule has 0 amide bonds. The van der Waals surface area contributed by atoms with Crippen LogP contribution >= 0.6 is 0 Å². The molecular weight excluding hydrogens is 440 g/mol. The quantitative estimate of drug-likeness (QED) is 0.358. The summed E-state index contributed by atoms with van der Waals surface area (Å²) in [7, 11) is 0. The molecule has 5 aromatic rings. The van der Waals surface area contributed by atoms with E-state index >= 15 is 0 Å². The number of carbonyl (C=O) groups excluding carboxylic acids is 1. The minimum Gasteiger partial charge on any atom is -0.457 e. The maximum Gasteiger partial charge on any atom is 0.338 e. The van der Waals surface area contributed by atoms with Crippen LogP contribution in [0.15, 0.2) is 89.9 Å². The van der Waals surface area contributed by atoms with Crippen molar-refractivity contribution in [1.82, 2.24) is 19.3 Å². The molecule has 7 heteroatoms. The molecule has 0 spiro atoms. The Kier molecular flexibility index (Phi) is 5.22. The number of benzene rings is 3. The summed E-state index contributed by atoms with van der Waals surface area (Å²) in [6, 6.07) is 24.5. The molecule has 6 rings (SSSR count). The second kappa shape index (κ2) is 8.68. The normalized spacial score (nSPS) is 12.6. The van der Waals surface area contributed by atoms with E-state index < -0.39 is 5.97 Å². The fraction of sp³-hybridized carbons (Fsp3) is 0.143. The van der Waals surface area contributed by atoms with Crippen molar-refractivity contribution in [2.75, 3.05) is 0 Å². The van der Waals surface area contributed by atoms with Gasteiger partial charge in [-0.25, -0.2) is 14.5 Å². The fourth-order valence-corrected chi connectivity index (χ4v) is 4.50. The van der Waals surface area contributed by atoms with Gasteiger partial charge < -0.3 is 4.74 Å². The lowest BCUT2D eigenvalue weighted by Crippen LogP contribution is -2.21. The predicted molar refractivity (Wildman–Crippen MR) is 132 cm³/mol. The van der Waals surface area contributed by atoms with E-state index in [9.17, 15) is 9.59 Å². The van der Waals surface area contributed by atoms with E-state index in [1.54, 1.807) is 27.4 Å². The Morgan fingerprint density at radius 1 is 0.971 bits per heavy atom. The number of para-hydroxylation sites is 1. The third-order valence-electron chi connectivity index (χ3n) is 6.27. The van der Waals surface area contributed by atoms with Crippen LogP contribution in [0.3, 0.4) is 0 Å². The molecule has 0 unspecified atom stereocenters. The summed E-state index contributed by atoms with van der Waals surface area (Å²) in [6.45, 7) is 0.759. The van der Waals surface area contributed by atoms with E-state index in [1.807, 2.05) is 66.9 Å². The number of hydrogen-bond donors (Lipinski definition) is 0. The Morgan fingerprint density at radius 3 is 2.54 bits per heavy atom. The zero-order chi connectivity index (χ0) is 23.8. The van der Waals surface area contributed by atoms with Crippen LogP contribution in [0.2, 0.25) is 0 Å². The SMILES string of the molecule is O=C(OCc1cn(-c2ccccc2)nc1-c1ccccc1)c1ccc2c(=O)n3c(nc2c1)CCC3. The zero-order valence-corrected chi connectivity index (χ0v) is 18.9. The minimum absolute atomic E-state index is 0.0525. The number of fused-ring (bicyclic) bond motifs is 2. The molecule has 0 atom stereocenters. The van der Waals surface area contributed by atoms with Gasteiger partial charge in [-0.05, 0) is 36.8 Å². The number of rotatable bonds is 5. The highest BCUT2D eigenvalue weighted by Crippen LogP contribution is 2.25. The molecule has 35 heavy (non-hydrogen) atoms. The Morgan fingerprint density at radius 2 is 1.74 bits per heavy atom. The molecule has 0 bridgehead atoms. The van der Waals surface area contributed by atoms with Crippen LogP contribution in [0.25, 0.3) is 27.8 Å². The van der Waals surface area contributed by atoms with Gasteiger partial charge >= 0.3 is 5.97 Å². The van der Waals surface area contributed by atoms with Gasteiger partial charge in [0.1, 0.15) is 12.4 Å². The van der Waals surface area contributed by atoms with Crippen LogP contribution in [-0.4, -0.2) is 25.3 Å². The van der Waals surface area contributed by atoms with Gasteiger partial charge in [0.2, 0.25) is 0 Å². The first kappa shape index (κ1) is 21.0. The first-order valence-electron chi connectivity index (χ1n) is 11.6. The largest absolute Gasteiger partial charge is 0.457 e.